The van der Waals surface area contributed by atoms with Crippen molar-refractivity contribution in [2.45, 2.75) is 20.4 Å². The Labute approximate surface area is 156 Å². The summed E-state index contributed by atoms with van der Waals surface area (Å²) in [6.45, 7) is 7.61. The van der Waals surface area contributed by atoms with Gasteiger partial charge in [-0.25, -0.2) is 0 Å². The molecule has 4 nitrogen and oxygen atoms in total. The summed E-state index contributed by atoms with van der Waals surface area (Å²) >= 11 is 0. The van der Waals surface area contributed by atoms with Crippen LogP contribution in [0.2, 0.25) is 0 Å². The second-order valence-corrected chi connectivity index (χ2v) is 6.59. The van der Waals surface area contributed by atoms with E-state index in [0.717, 1.165) is 53.6 Å². The highest BCUT2D eigenvalue weighted by atomic mass is 16.5. The summed E-state index contributed by atoms with van der Waals surface area (Å²) < 4.78 is 17.0. The van der Waals surface area contributed by atoms with Gasteiger partial charge in [-0.05, 0) is 49.2 Å². The van der Waals surface area contributed by atoms with Gasteiger partial charge in [0, 0.05) is 25.2 Å². The fraction of sp³-hybridized carbons (Fsp3) is 0.364. The van der Waals surface area contributed by atoms with E-state index in [4.69, 9.17) is 14.2 Å². The summed E-state index contributed by atoms with van der Waals surface area (Å²) in [6, 6.07) is 12.3. The molecule has 0 bridgehead atoms. The normalized spacial score (nSPS) is 15.0. The maximum atomic E-state index is 6.04. The molecule has 138 valence electrons. The molecule has 26 heavy (non-hydrogen) atoms. The Balaban J connectivity index is 2.00. The van der Waals surface area contributed by atoms with E-state index in [1.165, 1.54) is 5.57 Å². The molecule has 4 heteroatoms. The minimum Gasteiger partial charge on any atom is -0.497 e. The maximum absolute atomic E-state index is 6.04. The molecule has 0 saturated carbocycles. The molecule has 0 amide bonds. The molecule has 0 atom stereocenters. The molecule has 0 fully saturated rings. The van der Waals surface area contributed by atoms with Crippen LogP contribution in [-0.4, -0.2) is 38.8 Å². The molecule has 2 aromatic carbocycles. The Bertz CT molecular complexity index is 798. The molecule has 2 aromatic rings. The Morgan fingerprint density at radius 2 is 2.00 bits per heavy atom. The predicted molar refractivity (Wildman–Crippen MR) is 105 cm³/mol. The van der Waals surface area contributed by atoms with Crippen LogP contribution in [0.1, 0.15) is 19.4 Å². The van der Waals surface area contributed by atoms with Crippen LogP contribution in [0.4, 0.5) is 0 Å². The number of allylic oxidation sites excluding steroid dienone is 1. The number of methoxy groups -OCH3 is 2. The molecule has 1 aliphatic heterocycles. The van der Waals surface area contributed by atoms with Gasteiger partial charge >= 0.3 is 0 Å². The second-order valence-electron chi connectivity index (χ2n) is 6.59. The van der Waals surface area contributed by atoms with Crippen molar-refractivity contribution in [1.82, 2.24) is 4.90 Å². The first-order valence-electron chi connectivity index (χ1n) is 8.97. The zero-order valence-electron chi connectivity index (χ0n) is 16.0. The summed E-state index contributed by atoms with van der Waals surface area (Å²) in [4.78, 5) is 2.41. The fourth-order valence-corrected chi connectivity index (χ4v) is 3.24. The van der Waals surface area contributed by atoms with Crippen LogP contribution in [0.3, 0.4) is 0 Å². The van der Waals surface area contributed by atoms with Gasteiger partial charge in [0.05, 0.1) is 14.2 Å². The molecule has 0 saturated heterocycles. The highest BCUT2D eigenvalue weighted by molar-refractivity contribution is 5.70. The summed E-state index contributed by atoms with van der Waals surface area (Å²) in [5.41, 5.74) is 4.73. The average molecular weight is 353 g/mol. The van der Waals surface area contributed by atoms with Crippen LogP contribution in [0.15, 0.2) is 48.0 Å². The number of fused-ring (bicyclic) bond motifs is 1. The van der Waals surface area contributed by atoms with E-state index < -0.39 is 0 Å². The zero-order valence-corrected chi connectivity index (χ0v) is 16.0. The molecule has 0 aliphatic carbocycles. The number of ether oxygens (including phenoxy) is 3. The Morgan fingerprint density at radius 3 is 2.73 bits per heavy atom. The smallest absolute Gasteiger partial charge is 0.165 e. The van der Waals surface area contributed by atoms with E-state index >= 15 is 0 Å². The first kappa shape index (κ1) is 18.3. The third kappa shape index (κ3) is 4.02. The fourth-order valence-electron chi connectivity index (χ4n) is 3.24. The van der Waals surface area contributed by atoms with E-state index in [0.29, 0.717) is 6.61 Å². The molecular formula is C22H27NO3. The molecule has 1 heterocycles. The number of hydrogen-bond acceptors (Lipinski definition) is 4. The highest BCUT2D eigenvalue weighted by Gasteiger charge is 2.20. The standard InChI is InChI=1S/C22H27NO3/c1-5-16(2)14-23-9-10-26-22-19(15-23)11-18(13-21(22)25-4)17-7-6-8-20(12-17)24-3/h5-8,11-13H,9-10,14-15H2,1-4H3/b16-5+. The third-order valence-electron chi connectivity index (χ3n) is 4.77. The Hall–Kier alpha value is -2.46. The highest BCUT2D eigenvalue weighted by Crippen LogP contribution is 2.39. The molecule has 0 N–H and O–H groups in total. The van der Waals surface area contributed by atoms with Gasteiger partial charge in [-0.2, -0.15) is 0 Å². The SMILES string of the molecule is C/C=C(\C)CN1CCOc2c(cc(-c3cccc(OC)c3)cc2OC)C1. The monoisotopic (exact) mass is 353 g/mol. The minimum absolute atomic E-state index is 0.666. The topological polar surface area (TPSA) is 30.9 Å². The van der Waals surface area contributed by atoms with E-state index in [1.807, 2.05) is 24.3 Å². The van der Waals surface area contributed by atoms with Gasteiger partial charge in [-0.3, -0.25) is 4.90 Å². The van der Waals surface area contributed by atoms with Crippen molar-refractivity contribution in [3.05, 3.63) is 53.6 Å². The van der Waals surface area contributed by atoms with Gasteiger partial charge in [0.25, 0.3) is 0 Å². The van der Waals surface area contributed by atoms with E-state index in [1.54, 1.807) is 14.2 Å². The van der Waals surface area contributed by atoms with E-state index in [2.05, 4.69) is 37.0 Å². The summed E-state index contributed by atoms with van der Waals surface area (Å²) in [6.07, 6.45) is 2.17. The minimum atomic E-state index is 0.666. The van der Waals surface area contributed by atoms with E-state index in [-0.39, 0.29) is 0 Å². The molecule has 1 aliphatic rings. The molecule has 0 radical (unpaired) electrons. The lowest BCUT2D eigenvalue weighted by atomic mass is 10.0. The van der Waals surface area contributed by atoms with Crippen molar-refractivity contribution < 1.29 is 14.2 Å². The van der Waals surface area contributed by atoms with Gasteiger partial charge in [0.2, 0.25) is 0 Å². The summed E-state index contributed by atoms with van der Waals surface area (Å²) in [5.74, 6) is 2.49. The molecule has 3 rings (SSSR count). The third-order valence-corrected chi connectivity index (χ3v) is 4.77. The maximum Gasteiger partial charge on any atom is 0.165 e. The van der Waals surface area contributed by atoms with Gasteiger partial charge in [-0.1, -0.05) is 23.8 Å². The van der Waals surface area contributed by atoms with Crippen molar-refractivity contribution in [3.8, 4) is 28.4 Å². The van der Waals surface area contributed by atoms with Crippen LogP contribution in [0, 0.1) is 0 Å². The van der Waals surface area contributed by atoms with Crippen molar-refractivity contribution in [2.24, 2.45) is 0 Å². The van der Waals surface area contributed by atoms with Crippen LogP contribution < -0.4 is 14.2 Å². The zero-order chi connectivity index (χ0) is 18.5. The lowest BCUT2D eigenvalue weighted by Gasteiger charge is -2.20. The summed E-state index contributed by atoms with van der Waals surface area (Å²) in [5, 5.41) is 0. The summed E-state index contributed by atoms with van der Waals surface area (Å²) in [7, 11) is 3.38. The van der Waals surface area contributed by atoms with Crippen molar-refractivity contribution >= 4 is 0 Å². The van der Waals surface area contributed by atoms with Crippen LogP contribution in [0.5, 0.6) is 17.2 Å². The largest absolute Gasteiger partial charge is 0.497 e. The number of benzene rings is 2. The quantitative estimate of drug-likeness (QED) is 0.739. The molecular weight excluding hydrogens is 326 g/mol. The van der Waals surface area contributed by atoms with Crippen molar-refractivity contribution in [1.29, 1.82) is 0 Å². The molecule has 0 unspecified atom stereocenters. The van der Waals surface area contributed by atoms with Gasteiger partial charge < -0.3 is 14.2 Å². The van der Waals surface area contributed by atoms with Crippen molar-refractivity contribution in [3.63, 3.8) is 0 Å². The number of nitrogens with zero attached hydrogens (tertiary/aromatic N) is 1. The van der Waals surface area contributed by atoms with Gasteiger partial charge in [0.15, 0.2) is 11.5 Å². The van der Waals surface area contributed by atoms with E-state index in [9.17, 15) is 0 Å². The van der Waals surface area contributed by atoms with Gasteiger partial charge in [-0.15, -0.1) is 0 Å². The number of rotatable bonds is 5. The predicted octanol–water partition coefficient (Wildman–Crippen LogP) is 4.53. The molecule has 0 aromatic heterocycles. The average Bonchev–Trinajstić information content (AvgIpc) is 2.88. The van der Waals surface area contributed by atoms with Crippen LogP contribution in [0.25, 0.3) is 11.1 Å². The van der Waals surface area contributed by atoms with Crippen LogP contribution in [-0.2, 0) is 6.54 Å². The number of hydrogen-bond donors (Lipinski definition) is 0. The Morgan fingerprint density at radius 1 is 1.15 bits per heavy atom. The van der Waals surface area contributed by atoms with Crippen molar-refractivity contribution in [2.75, 3.05) is 33.9 Å². The Kier molecular flexibility index (Phi) is 5.84. The van der Waals surface area contributed by atoms with Crippen LogP contribution >= 0.6 is 0 Å². The first-order valence-corrected chi connectivity index (χ1v) is 8.97. The lowest BCUT2D eigenvalue weighted by molar-refractivity contribution is 0.235. The molecule has 0 spiro atoms. The lowest BCUT2D eigenvalue weighted by Crippen LogP contribution is -2.27. The van der Waals surface area contributed by atoms with Gasteiger partial charge in [0.1, 0.15) is 12.4 Å². The first-order chi connectivity index (χ1) is 12.6. The second kappa shape index (κ2) is 8.28.